The number of aliphatic carboxylic acids is 1. The van der Waals surface area contributed by atoms with Crippen LogP contribution in [0.2, 0.25) is 10.3 Å². The number of carbonyl (C=O) groups is 1. The van der Waals surface area contributed by atoms with Gasteiger partial charge in [0, 0.05) is 12.0 Å². The van der Waals surface area contributed by atoms with Crippen molar-refractivity contribution >= 4 is 29.2 Å². The van der Waals surface area contributed by atoms with Crippen LogP contribution in [0.1, 0.15) is 5.56 Å². The molecule has 0 bridgehead atoms. The van der Waals surface area contributed by atoms with Crippen LogP contribution in [-0.4, -0.2) is 27.1 Å². The predicted octanol–water partition coefficient (Wildman–Crippen LogP) is 0.738. The molecule has 14 heavy (non-hydrogen) atoms. The van der Waals surface area contributed by atoms with E-state index in [0.717, 1.165) is 0 Å². The lowest BCUT2D eigenvalue weighted by molar-refractivity contribution is -0.138. The number of halogens is 2. The summed E-state index contributed by atoms with van der Waals surface area (Å²) in [7, 11) is 0. The molecule has 76 valence electrons. The first kappa shape index (κ1) is 11.2. The second-order valence-corrected chi connectivity index (χ2v) is 3.30. The molecule has 0 aliphatic rings. The topological polar surface area (TPSA) is 89.1 Å². The molecular formula is C7H7Cl2N3O2. The molecule has 0 amide bonds. The molecule has 0 radical (unpaired) electrons. The lowest BCUT2D eigenvalue weighted by Crippen LogP contribution is -2.32. The van der Waals surface area contributed by atoms with Crippen LogP contribution >= 0.6 is 23.2 Å². The van der Waals surface area contributed by atoms with Gasteiger partial charge in [-0.1, -0.05) is 23.2 Å². The molecule has 0 fully saturated rings. The Morgan fingerprint density at radius 1 is 1.50 bits per heavy atom. The Hall–Kier alpha value is -0.910. The summed E-state index contributed by atoms with van der Waals surface area (Å²) in [5.41, 5.74) is 5.67. The summed E-state index contributed by atoms with van der Waals surface area (Å²) in [6, 6.07) is -1.06. The monoisotopic (exact) mass is 235 g/mol. The number of carboxylic acid groups (broad SMARTS) is 1. The summed E-state index contributed by atoms with van der Waals surface area (Å²) in [6.45, 7) is 0. The van der Waals surface area contributed by atoms with Crippen molar-refractivity contribution in [1.82, 2.24) is 9.97 Å². The van der Waals surface area contributed by atoms with Crippen LogP contribution in [0.25, 0.3) is 0 Å². The minimum atomic E-state index is -1.12. The molecule has 0 aromatic carbocycles. The molecule has 1 aromatic heterocycles. The van der Waals surface area contributed by atoms with Crippen molar-refractivity contribution in [2.24, 2.45) is 5.73 Å². The van der Waals surface area contributed by atoms with Crippen molar-refractivity contribution < 1.29 is 9.90 Å². The van der Waals surface area contributed by atoms with Gasteiger partial charge < -0.3 is 10.8 Å². The maximum absolute atomic E-state index is 10.5. The van der Waals surface area contributed by atoms with Crippen molar-refractivity contribution in [3.8, 4) is 0 Å². The van der Waals surface area contributed by atoms with Gasteiger partial charge in [-0.3, -0.25) is 4.79 Å². The minimum absolute atomic E-state index is 0.00778. The third kappa shape index (κ3) is 2.54. The molecule has 1 aromatic rings. The zero-order valence-electron chi connectivity index (χ0n) is 6.94. The Morgan fingerprint density at radius 2 is 2.00 bits per heavy atom. The van der Waals surface area contributed by atoms with Gasteiger partial charge in [0.1, 0.15) is 22.7 Å². The Kier molecular flexibility index (Phi) is 3.62. The van der Waals surface area contributed by atoms with E-state index >= 15 is 0 Å². The van der Waals surface area contributed by atoms with Crippen LogP contribution in [0.5, 0.6) is 0 Å². The van der Waals surface area contributed by atoms with E-state index in [1.807, 2.05) is 0 Å². The average Bonchev–Trinajstić information content (AvgIpc) is 2.11. The molecule has 1 unspecified atom stereocenters. The van der Waals surface area contributed by atoms with Crippen LogP contribution < -0.4 is 5.73 Å². The Balaban J connectivity index is 2.91. The Bertz CT molecular complexity index is 339. The molecule has 0 saturated heterocycles. The summed E-state index contributed by atoms with van der Waals surface area (Å²) < 4.78 is 0. The van der Waals surface area contributed by atoms with Crippen LogP contribution in [0, 0.1) is 0 Å². The third-order valence-electron chi connectivity index (χ3n) is 1.58. The molecule has 7 heteroatoms. The first-order valence-corrected chi connectivity index (χ1v) is 4.41. The summed E-state index contributed by atoms with van der Waals surface area (Å²) in [5.74, 6) is -1.12. The highest BCUT2D eigenvalue weighted by Crippen LogP contribution is 2.20. The van der Waals surface area contributed by atoms with E-state index in [4.69, 9.17) is 34.0 Å². The first-order chi connectivity index (χ1) is 6.52. The lowest BCUT2D eigenvalue weighted by Gasteiger charge is -2.08. The number of hydrogen-bond acceptors (Lipinski definition) is 4. The molecule has 0 aliphatic carbocycles. The highest BCUT2D eigenvalue weighted by molar-refractivity contribution is 6.34. The van der Waals surface area contributed by atoms with Gasteiger partial charge in [0.05, 0.1) is 0 Å². The number of nitrogens with zero attached hydrogens (tertiary/aromatic N) is 2. The van der Waals surface area contributed by atoms with Gasteiger partial charge in [0.2, 0.25) is 0 Å². The largest absolute Gasteiger partial charge is 0.480 e. The second kappa shape index (κ2) is 4.54. The maximum Gasteiger partial charge on any atom is 0.320 e. The SMILES string of the molecule is NC(Cc1c(Cl)ncnc1Cl)C(=O)O. The fraction of sp³-hybridized carbons (Fsp3) is 0.286. The number of rotatable bonds is 3. The van der Waals surface area contributed by atoms with Gasteiger partial charge >= 0.3 is 5.97 Å². The normalized spacial score (nSPS) is 12.5. The minimum Gasteiger partial charge on any atom is -0.480 e. The van der Waals surface area contributed by atoms with E-state index in [2.05, 4.69) is 9.97 Å². The molecular weight excluding hydrogens is 229 g/mol. The van der Waals surface area contributed by atoms with Crippen LogP contribution in [0.3, 0.4) is 0 Å². The summed E-state index contributed by atoms with van der Waals surface area (Å²) >= 11 is 11.4. The van der Waals surface area contributed by atoms with Crippen LogP contribution in [-0.2, 0) is 11.2 Å². The van der Waals surface area contributed by atoms with E-state index in [1.54, 1.807) is 0 Å². The molecule has 1 rings (SSSR count). The molecule has 3 N–H and O–H groups in total. The fourth-order valence-electron chi connectivity index (χ4n) is 0.847. The Labute approximate surface area is 89.9 Å². The lowest BCUT2D eigenvalue weighted by atomic mass is 10.1. The van der Waals surface area contributed by atoms with Gasteiger partial charge in [0.25, 0.3) is 0 Å². The predicted molar refractivity (Wildman–Crippen MR) is 51.4 cm³/mol. The number of aromatic nitrogens is 2. The Morgan fingerprint density at radius 3 is 2.43 bits per heavy atom. The summed E-state index contributed by atoms with van der Waals surface area (Å²) in [6.07, 6.45) is 1.20. The zero-order valence-corrected chi connectivity index (χ0v) is 8.46. The smallest absolute Gasteiger partial charge is 0.320 e. The van der Waals surface area contributed by atoms with Crippen molar-refractivity contribution in [2.75, 3.05) is 0 Å². The fourth-order valence-corrected chi connectivity index (χ4v) is 1.32. The van der Waals surface area contributed by atoms with Crippen molar-refractivity contribution in [3.63, 3.8) is 0 Å². The molecule has 0 aliphatic heterocycles. The zero-order chi connectivity index (χ0) is 10.7. The standard InChI is InChI=1S/C7H7Cl2N3O2/c8-5-3(1-4(10)7(13)14)6(9)12-2-11-5/h2,4H,1,10H2,(H,13,14). The van der Waals surface area contributed by atoms with E-state index in [0.29, 0.717) is 5.56 Å². The van der Waals surface area contributed by atoms with E-state index < -0.39 is 12.0 Å². The van der Waals surface area contributed by atoms with Crippen molar-refractivity contribution in [2.45, 2.75) is 12.5 Å². The number of nitrogens with two attached hydrogens (primary N) is 1. The second-order valence-electron chi connectivity index (χ2n) is 2.58. The van der Waals surface area contributed by atoms with E-state index in [1.165, 1.54) is 6.33 Å². The molecule has 0 spiro atoms. The molecule has 0 saturated carbocycles. The van der Waals surface area contributed by atoms with E-state index in [-0.39, 0.29) is 16.7 Å². The number of hydrogen-bond donors (Lipinski definition) is 2. The van der Waals surface area contributed by atoms with Gasteiger partial charge in [-0.05, 0) is 0 Å². The van der Waals surface area contributed by atoms with Gasteiger partial charge in [-0.15, -0.1) is 0 Å². The van der Waals surface area contributed by atoms with Crippen molar-refractivity contribution in [3.05, 3.63) is 22.2 Å². The van der Waals surface area contributed by atoms with Gasteiger partial charge in [-0.2, -0.15) is 0 Å². The number of carboxylic acids is 1. The molecule has 1 heterocycles. The highest BCUT2D eigenvalue weighted by atomic mass is 35.5. The van der Waals surface area contributed by atoms with Gasteiger partial charge in [-0.25, -0.2) is 9.97 Å². The summed E-state index contributed by atoms with van der Waals surface area (Å²) in [5, 5.41) is 8.83. The highest BCUT2D eigenvalue weighted by Gasteiger charge is 2.17. The average molecular weight is 236 g/mol. The van der Waals surface area contributed by atoms with Crippen LogP contribution in [0.4, 0.5) is 0 Å². The first-order valence-electron chi connectivity index (χ1n) is 3.65. The third-order valence-corrected chi connectivity index (χ3v) is 2.23. The van der Waals surface area contributed by atoms with E-state index in [9.17, 15) is 4.79 Å². The summed E-state index contributed by atoms with van der Waals surface area (Å²) in [4.78, 5) is 17.8. The maximum atomic E-state index is 10.5. The molecule has 5 nitrogen and oxygen atoms in total. The quantitative estimate of drug-likeness (QED) is 0.755. The van der Waals surface area contributed by atoms with Gasteiger partial charge in [0.15, 0.2) is 0 Å². The molecule has 1 atom stereocenters. The van der Waals surface area contributed by atoms with Crippen molar-refractivity contribution in [1.29, 1.82) is 0 Å². The van der Waals surface area contributed by atoms with Crippen LogP contribution in [0.15, 0.2) is 6.33 Å².